The number of halogens is 1. The maximum atomic E-state index is 7.01. The van der Waals surface area contributed by atoms with Gasteiger partial charge in [0.05, 0.1) is 4.62 Å². The Morgan fingerprint density at radius 3 is 2.88 bits per heavy atom. The Morgan fingerprint density at radius 1 is 1.88 bits per heavy atom. The average Bonchev–Trinajstić information content (AvgIpc) is 2.12. The van der Waals surface area contributed by atoms with Crippen LogP contribution in [0.5, 0.6) is 0 Å². The summed E-state index contributed by atoms with van der Waals surface area (Å²) >= 11 is 2.99. The molecule has 0 saturated heterocycles. The number of hydrogen-bond donors (Lipinski definition) is 2. The summed E-state index contributed by atoms with van der Waals surface area (Å²) < 4.78 is 0.381. The Hall–Kier alpha value is -0.350. The van der Waals surface area contributed by atoms with Crippen molar-refractivity contribution < 1.29 is 4.84 Å². The van der Waals surface area contributed by atoms with Crippen molar-refractivity contribution in [2.45, 2.75) is 6.04 Å². The van der Waals surface area contributed by atoms with Gasteiger partial charge >= 0.3 is 0 Å². The molecule has 0 fully saturated rings. The summed E-state index contributed by atoms with van der Waals surface area (Å²) in [7, 11) is 0. The van der Waals surface area contributed by atoms with E-state index in [2.05, 4.69) is 26.2 Å². The van der Waals surface area contributed by atoms with Crippen molar-refractivity contribution in [2.75, 3.05) is 0 Å². The van der Waals surface area contributed by atoms with Crippen LogP contribution in [0, 0.1) is 5.41 Å². The van der Waals surface area contributed by atoms with Crippen molar-refractivity contribution in [3.8, 4) is 0 Å². The lowest BCUT2D eigenvalue weighted by molar-refractivity contribution is 0.157. The van der Waals surface area contributed by atoms with Gasteiger partial charge in [-0.3, -0.25) is 5.41 Å². The van der Waals surface area contributed by atoms with Crippen molar-refractivity contribution >= 4 is 20.6 Å². The van der Waals surface area contributed by atoms with Crippen LogP contribution in [0.3, 0.4) is 0 Å². The molecule has 8 heavy (non-hydrogen) atoms. The summed E-state index contributed by atoms with van der Waals surface area (Å²) in [6, 6.07) is -0.0880. The van der Waals surface area contributed by atoms with Crippen LogP contribution in [0.1, 0.15) is 0 Å². The highest BCUT2D eigenvalue weighted by molar-refractivity contribution is 9.18. The Labute approximate surface area is 55.3 Å². The van der Waals surface area contributed by atoms with Gasteiger partial charge in [-0.2, -0.15) is 0 Å². The number of hydroxylamine groups is 1. The quantitative estimate of drug-likeness (QED) is 0.581. The first-order valence-corrected chi connectivity index (χ1v) is 2.92. The summed E-state index contributed by atoms with van der Waals surface area (Å²) in [6.07, 6.45) is 3.26. The van der Waals surface area contributed by atoms with Gasteiger partial charge in [0.2, 0.25) is 0 Å². The molecule has 1 heterocycles. The molecule has 44 valence electrons. The Balaban J connectivity index is 2.48. The topological polar surface area (TPSA) is 45.1 Å². The van der Waals surface area contributed by atoms with Crippen LogP contribution in [0.2, 0.25) is 0 Å². The molecule has 0 saturated carbocycles. The Bertz CT molecular complexity index is 134. The van der Waals surface area contributed by atoms with E-state index in [9.17, 15) is 0 Å². The summed E-state index contributed by atoms with van der Waals surface area (Å²) in [4.78, 5) is 4.62. The van der Waals surface area contributed by atoms with E-state index in [4.69, 9.17) is 5.41 Å². The second kappa shape index (κ2) is 2.28. The van der Waals surface area contributed by atoms with E-state index in [1.807, 2.05) is 0 Å². The molecular weight excluding hydrogens is 172 g/mol. The minimum Gasteiger partial charge on any atom is -0.416 e. The molecule has 1 unspecified atom stereocenters. The molecule has 0 aromatic rings. The van der Waals surface area contributed by atoms with Gasteiger partial charge in [0.1, 0.15) is 12.3 Å². The molecule has 1 rings (SSSR count). The van der Waals surface area contributed by atoms with Crippen molar-refractivity contribution in [1.82, 2.24) is 5.48 Å². The molecule has 1 atom stereocenters. The number of rotatable bonds is 1. The van der Waals surface area contributed by atoms with Gasteiger partial charge in [0.25, 0.3) is 0 Å². The van der Waals surface area contributed by atoms with Gasteiger partial charge in [0, 0.05) is 0 Å². The van der Waals surface area contributed by atoms with Crippen LogP contribution in [0.4, 0.5) is 0 Å². The monoisotopic (exact) mass is 176 g/mol. The lowest BCUT2D eigenvalue weighted by atomic mass is 10.3. The zero-order valence-electron chi connectivity index (χ0n) is 4.02. The minimum absolute atomic E-state index is 0.0880. The van der Waals surface area contributed by atoms with Gasteiger partial charge in [-0.15, -0.1) is 5.48 Å². The Morgan fingerprint density at radius 2 is 2.62 bits per heavy atom. The van der Waals surface area contributed by atoms with Crippen LogP contribution >= 0.6 is 15.9 Å². The molecule has 0 aliphatic carbocycles. The predicted octanol–water partition coefficient (Wildman–Crippen LogP) is 0.776. The lowest BCUT2D eigenvalue weighted by Crippen LogP contribution is -2.25. The first-order chi connectivity index (χ1) is 3.80. The van der Waals surface area contributed by atoms with Crippen LogP contribution in [-0.4, -0.2) is 10.7 Å². The first-order valence-electron chi connectivity index (χ1n) is 2.12. The molecule has 0 aromatic heterocycles. The van der Waals surface area contributed by atoms with E-state index < -0.39 is 0 Å². The van der Waals surface area contributed by atoms with Gasteiger partial charge in [-0.05, 0) is 22.0 Å². The SMILES string of the molecule is N=C(Br)C1C=CON1. The van der Waals surface area contributed by atoms with Crippen LogP contribution in [0.15, 0.2) is 12.3 Å². The fourth-order valence-electron chi connectivity index (χ4n) is 0.406. The smallest absolute Gasteiger partial charge is 0.112 e. The maximum absolute atomic E-state index is 7.01. The molecule has 0 bridgehead atoms. The average molecular weight is 177 g/mol. The molecule has 4 heteroatoms. The van der Waals surface area contributed by atoms with Gasteiger partial charge in [0.15, 0.2) is 0 Å². The van der Waals surface area contributed by atoms with Crippen molar-refractivity contribution in [2.24, 2.45) is 0 Å². The molecule has 3 nitrogen and oxygen atoms in total. The fraction of sp³-hybridized carbons (Fsp3) is 0.250. The maximum Gasteiger partial charge on any atom is 0.112 e. The summed E-state index contributed by atoms with van der Waals surface area (Å²) in [5, 5.41) is 7.01. The zero-order chi connectivity index (χ0) is 5.98. The van der Waals surface area contributed by atoms with Crippen molar-refractivity contribution in [3.63, 3.8) is 0 Å². The van der Waals surface area contributed by atoms with E-state index in [1.165, 1.54) is 6.26 Å². The van der Waals surface area contributed by atoms with Gasteiger partial charge in [-0.1, -0.05) is 0 Å². The molecule has 0 spiro atoms. The highest BCUT2D eigenvalue weighted by Crippen LogP contribution is 2.01. The summed E-state index contributed by atoms with van der Waals surface area (Å²) in [6.45, 7) is 0. The van der Waals surface area contributed by atoms with E-state index >= 15 is 0 Å². The molecule has 2 N–H and O–H groups in total. The third-order valence-corrected chi connectivity index (χ3v) is 1.30. The van der Waals surface area contributed by atoms with Crippen LogP contribution < -0.4 is 5.48 Å². The third-order valence-electron chi connectivity index (χ3n) is 0.807. The fourth-order valence-corrected chi connectivity index (χ4v) is 0.652. The summed E-state index contributed by atoms with van der Waals surface area (Å²) in [5.74, 6) is 0. The van der Waals surface area contributed by atoms with E-state index in [0.29, 0.717) is 4.62 Å². The largest absolute Gasteiger partial charge is 0.416 e. The van der Waals surface area contributed by atoms with Crippen LogP contribution in [-0.2, 0) is 4.84 Å². The van der Waals surface area contributed by atoms with Gasteiger partial charge in [-0.25, -0.2) is 0 Å². The van der Waals surface area contributed by atoms with Crippen molar-refractivity contribution in [1.29, 1.82) is 5.41 Å². The first kappa shape index (κ1) is 5.78. The van der Waals surface area contributed by atoms with E-state index in [0.717, 1.165) is 0 Å². The molecule has 0 aromatic carbocycles. The zero-order valence-corrected chi connectivity index (χ0v) is 5.60. The lowest BCUT2D eigenvalue weighted by Gasteiger charge is -2.00. The Kier molecular flexibility index (Phi) is 1.65. The molecule has 1 aliphatic rings. The normalized spacial score (nSPS) is 25.4. The highest BCUT2D eigenvalue weighted by atomic mass is 79.9. The number of hydrogen-bond acceptors (Lipinski definition) is 3. The van der Waals surface area contributed by atoms with E-state index in [-0.39, 0.29) is 6.04 Å². The second-order valence-corrected chi connectivity index (χ2v) is 2.24. The molecule has 0 radical (unpaired) electrons. The molecular formula is C4H5BrN2O. The second-order valence-electron chi connectivity index (χ2n) is 1.39. The molecule has 1 aliphatic heterocycles. The van der Waals surface area contributed by atoms with E-state index in [1.54, 1.807) is 6.08 Å². The highest BCUT2D eigenvalue weighted by Gasteiger charge is 2.11. The van der Waals surface area contributed by atoms with Crippen LogP contribution in [0.25, 0.3) is 0 Å². The standard InChI is InChI=1S/C4H5BrN2O/c5-4(6)3-1-2-8-7-3/h1-3,6-7H. The predicted molar refractivity (Wildman–Crippen MR) is 33.8 cm³/mol. The minimum atomic E-state index is -0.0880. The van der Waals surface area contributed by atoms with Gasteiger partial charge < -0.3 is 4.84 Å². The third kappa shape index (κ3) is 1.08. The molecule has 0 amide bonds. The van der Waals surface area contributed by atoms with Crippen molar-refractivity contribution in [3.05, 3.63) is 12.3 Å². The summed E-state index contributed by atoms with van der Waals surface area (Å²) in [5.41, 5.74) is 2.57. The number of nitrogens with one attached hydrogen (secondary N) is 2.